The van der Waals surface area contributed by atoms with Crippen LogP contribution >= 0.6 is 0 Å². The molecule has 1 atom stereocenters. The number of hydrogen-bond donors (Lipinski definition) is 2. The molecule has 108 valence electrons. The highest BCUT2D eigenvalue weighted by Crippen LogP contribution is 2.14. The van der Waals surface area contributed by atoms with E-state index in [1.165, 1.54) is 4.90 Å². The summed E-state index contributed by atoms with van der Waals surface area (Å²) in [7, 11) is 0. The molecule has 1 aromatic rings. The van der Waals surface area contributed by atoms with Gasteiger partial charge in [-0.05, 0) is 0 Å². The molecule has 2 N–H and O–H groups in total. The molecule has 0 bridgehead atoms. The molecule has 9 heteroatoms. The van der Waals surface area contributed by atoms with Crippen molar-refractivity contribution >= 4 is 11.6 Å². The predicted octanol–water partition coefficient (Wildman–Crippen LogP) is -0.884. The number of aromatic amines is 1. The van der Waals surface area contributed by atoms with Crippen molar-refractivity contribution in [2.45, 2.75) is 6.04 Å². The van der Waals surface area contributed by atoms with Gasteiger partial charge in [0, 0.05) is 12.6 Å². The van der Waals surface area contributed by atoms with E-state index in [1.54, 1.807) is 0 Å². The number of nitro groups is 1. The van der Waals surface area contributed by atoms with Gasteiger partial charge < -0.3 is 19.7 Å². The van der Waals surface area contributed by atoms with Crippen LogP contribution in [0.3, 0.4) is 0 Å². The fraction of sp³-hybridized carbons (Fsp3) is 0.455. The number of aliphatic hydroxyl groups is 1. The highest BCUT2D eigenvalue weighted by molar-refractivity contribution is 5.94. The monoisotopic (exact) mass is 283 g/mol. The summed E-state index contributed by atoms with van der Waals surface area (Å²) < 4.78 is 5.13. The molecular formula is C11H13N3O6. The van der Waals surface area contributed by atoms with Crippen molar-refractivity contribution < 1.29 is 19.6 Å². The van der Waals surface area contributed by atoms with E-state index in [0.29, 0.717) is 0 Å². The molecule has 1 saturated heterocycles. The second-order valence-electron chi connectivity index (χ2n) is 4.27. The minimum atomic E-state index is -0.705. The van der Waals surface area contributed by atoms with Gasteiger partial charge in [0.15, 0.2) is 0 Å². The number of nitrogens with one attached hydrogen (secondary N) is 1. The van der Waals surface area contributed by atoms with Gasteiger partial charge >= 0.3 is 0 Å². The van der Waals surface area contributed by atoms with E-state index in [0.717, 1.165) is 12.3 Å². The fourth-order valence-electron chi connectivity index (χ4n) is 1.96. The van der Waals surface area contributed by atoms with Crippen molar-refractivity contribution in [1.82, 2.24) is 9.88 Å². The van der Waals surface area contributed by atoms with Gasteiger partial charge in [0.2, 0.25) is 0 Å². The third-order valence-electron chi connectivity index (χ3n) is 3.03. The summed E-state index contributed by atoms with van der Waals surface area (Å²) in [6.07, 6.45) is 0.932. The first-order valence-electron chi connectivity index (χ1n) is 5.91. The number of ether oxygens (including phenoxy) is 1. The van der Waals surface area contributed by atoms with Gasteiger partial charge in [0.25, 0.3) is 17.2 Å². The van der Waals surface area contributed by atoms with Crippen LogP contribution in [0.4, 0.5) is 5.69 Å². The normalized spacial score (nSPS) is 18.9. The first-order valence-corrected chi connectivity index (χ1v) is 5.91. The summed E-state index contributed by atoms with van der Waals surface area (Å²) in [5, 5.41) is 19.9. The quantitative estimate of drug-likeness (QED) is 0.548. The Morgan fingerprint density at radius 3 is 3.05 bits per heavy atom. The average Bonchev–Trinajstić information content (AvgIpc) is 2.46. The lowest BCUT2D eigenvalue weighted by Gasteiger charge is -2.34. The minimum Gasteiger partial charge on any atom is -0.394 e. The smallest absolute Gasteiger partial charge is 0.286 e. The van der Waals surface area contributed by atoms with E-state index in [-0.39, 0.29) is 37.6 Å². The van der Waals surface area contributed by atoms with Crippen molar-refractivity contribution in [2.24, 2.45) is 0 Å². The molecule has 1 fully saturated rings. The molecule has 1 aliphatic heterocycles. The molecule has 0 spiro atoms. The van der Waals surface area contributed by atoms with Crippen LogP contribution in [0.25, 0.3) is 0 Å². The lowest BCUT2D eigenvalue weighted by Crippen LogP contribution is -2.51. The number of morpholine rings is 1. The predicted molar refractivity (Wildman–Crippen MR) is 66.4 cm³/mol. The number of nitrogens with zero attached hydrogens (tertiary/aromatic N) is 2. The molecule has 0 aromatic carbocycles. The number of carbonyl (C=O) groups excluding carboxylic acids is 1. The van der Waals surface area contributed by atoms with Gasteiger partial charge in [0.05, 0.1) is 37.0 Å². The Morgan fingerprint density at radius 1 is 1.65 bits per heavy atom. The Labute approximate surface area is 112 Å². The first-order chi connectivity index (χ1) is 9.54. The van der Waals surface area contributed by atoms with E-state index in [1.807, 2.05) is 0 Å². The van der Waals surface area contributed by atoms with Crippen LogP contribution in [0.1, 0.15) is 10.4 Å². The number of aliphatic hydroxyl groups excluding tert-OH is 1. The topological polar surface area (TPSA) is 126 Å². The lowest BCUT2D eigenvalue weighted by atomic mass is 10.1. The Bertz CT molecular complexity index is 584. The number of amides is 1. The number of carbonyl (C=O) groups is 1. The molecule has 1 unspecified atom stereocenters. The molecule has 9 nitrogen and oxygen atoms in total. The van der Waals surface area contributed by atoms with Gasteiger partial charge in [-0.2, -0.15) is 0 Å². The summed E-state index contributed by atoms with van der Waals surface area (Å²) in [5.41, 5.74) is -1.40. The van der Waals surface area contributed by atoms with E-state index < -0.39 is 22.4 Å². The number of hydrogen-bond acceptors (Lipinski definition) is 6. The van der Waals surface area contributed by atoms with E-state index in [9.17, 15) is 24.8 Å². The van der Waals surface area contributed by atoms with Crippen LogP contribution in [0, 0.1) is 10.1 Å². The average molecular weight is 283 g/mol. The maximum Gasteiger partial charge on any atom is 0.286 e. The summed E-state index contributed by atoms with van der Waals surface area (Å²) in [6, 6.07) is 0.375. The largest absolute Gasteiger partial charge is 0.394 e. The third kappa shape index (κ3) is 2.68. The maximum absolute atomic E-state index is 12.3. The van der Waals surface area contributed by atoms with E-state index in [2.05, 4.69) is 4.98 Å². The molecule has 2 rings (SSSR count). The number of aromatic nitrogens is 1. The fourth-order valence-corrected chi connectivity index (χ4v) is 1.96. The molecule has 1 aliphatic rings. The molecular weight excluding hydrogens is 270 g/mol. The molecule has 0 aliphatic carbocycles. The van der Waals surface area contributed by atoms with Crippen LogP contribution < -0.4 is 5.56 Å². The summed E-state index contributed by atoms with van der Waals surface area (Å²) in [4.78, 5) is 37.4. The van der Waals surface area contributed by atoms with Crippen LogP contribution in [0.15, 0.2) is 17.1 Å². The molecule has 20 heavy (non-hydrogen) atoms. The van der Waals surface area contributed by atoms with Crippen molar-refractivity contribution in [3.8, 4) is 0 Å². The SMILES string of the molecule is O=C(c1cc([N+](=O)[O-])c[nH]c1=O)N1CCOCC1CO. The summed E-state index contributed by atoms with van der Waals surface area (Å²) >= 11 is 0. The minimum absolute atomic E-state index is 0.162. The molecule has 2 heterocycles. The van der Waals surface area contributed by atoms with Crippen LogP contribution in [-0.4, -0.2) is 58.2 Å². The van der Waals surface area contributed by atoms with Gasteiger partial charge in [-0.15, -0.1) is 0 Å². The van der Waals surface area contributed by atoms with Crippen molar-refractivity contribution in [1.29, 1.82) is 0 Å². The van der Waals surface area contributed by atoms with Gasteiger partial charge in [-0.1, -0.05) is 0 Å². The van der Waals surface area contributed by atoms with Gasteiger partial charge in [-0.3, -0.25) is 19.7 Å². The summed E-state index contributed by atoms with van der Waals surface area (Å²) in [5.74, 6) is -0.655. The van der Waals surface area contributed by atoms with Crippen LogP contribution in [0.2, 0.25) is 0 Å². The highest BCUT2D eigenvalue weighted by Gasteiger charge is 2.29. The Kier molecular flexibility index (Phi) is 4.11. The Morgan fingerprint density at radius 2 is 2.40 bits per heavy atom. The van der Waals surface area contributed by atoms with Crippen molar-refractivity contribution in [3.63, 3.8) is 0 Å². The second kappa shape index (κ2) is 5.80. The Balaban J connectivity index is 2.34. The molecule has 0 radical (unpaired) electrons. The second-order valence-corrected chi connectivity index (χ2v) is 4.27. The summed E-state index contributed by atoms with van der Waals surface area (Å²) in [6.45, 7) is 0.356. The van der Waals surface area contributed by atoms with Gasteiger partial charge in [0.1, 0.15) is 5.56 Å². The van der Waals surface area contributed by atoms with E-state index in [4.69, 9.17) is 4.74 Å². The van der Waals surface area contributed by atoms with E-state index >= 15 is 0 Å². The lowest BCUT2D eigenvalue weighted by molar-refractivity contribution is -0.385. The number of H-pyrrole nitrogens is 1. The zero-order valence-electron chi connectivity index (χ0n) is 10.4. The van der Waals surface area contributed by atoms with Crippen LogP contribution in [0.5, 0.6) is 0 Å². The van der Waals surface area contributed by atoms with Crippen molar-refractivity contribution in [3.05, 3.63) is 38.3 Å². The maximum atomic E-state index is 12.3. The molecule has 1 amide bonds. The first kappa shape index (κ1) is 14.2. The molecule has 0 saturated carbocycles. The highest BCUT2D eigenvalue weighted by atomic mass is 16.6. The van der Waals surface area contributed by atoms with Gasteiger partial charge in [-0.25, -0.2) is 0 Å². The molecule has 1 aromatic heterocycles. The zero-order chi connectivity index (χ0) is 14.7. The standard InChI is InChI=1S/C11H13N3O6/c15-5-8-6-20-2-1-13(8)11(17)9-3-7(14(18)19)4-12-10(9)16/h3-4,8,15H,1-2,5-6H2,(H,12,16). The van der Waals surface area contributed by atoms with Crippen LogP contribution in [-0.2, 0) is 4.74 Å². The number of pyridine rings is 1. The third-order valence-corrected chi connectivity index (χ3v) is 3.03. The van der Waals surface area contributed by atoms with Crippen molar-refractivity contribution in [2.75, 3.05) is 26.4 Å². The number of rotatable bonds is 3. The Hall–Kier alpha value is -2.26. The zero-order valence-corrected chi connectivity index (χ0v) is 10.4.